The number of rotatable bonds is 5. The normalized spacial score (nSPS) is 10.6. The van der Waals surface area contributed by atoms with Crippen molar-refractivity contribution in [2.45, 2.75) is 13.8 Å². The first kappa shape index (κ1) is 14.8. The number of nitrogens with zero attached hydrogens (tertiary/aromatic N) is 1. The molecule has 0 saturated heterocycles. The van der Waals surface area contributed by atoms with Crippen LogP contribution >= 0.6 is 0 Å². The van der Waals surface area contributed by atoms with Crippen molar-refractivity contribution in [3.63, 3.8) is 0 Å². The summed E-state index contributed by atoms with van der Waals surface area (Å²) in [4.78, 5) is 11.6. The number of hydrazone groups is 1. The van der Waals surface area contributed by atoms with Crippen molar-refractivity contribution in [2.75, 3.05) is 11.9 Å². The monoisotopic (exact) mass is 281 g/mol. The van der Waals surface area contributed by atoms with Gasteiger partial charge in [-0.3, -0.25) is 4.79 Å². The van der Waals surface area contributed by atoms with Crippen LogP contribution in [0.1, 0.15) is 16.7 Å². The molecule has 0 spiro atoms. The van der Waals surface area contributed by atoms with E-state index in [0.29, 0.717) is 0 Å². The fraction of sp³-hybridized carbons (Fsp3) is 0.176. The van der Waals surface area contributed by atoms with Crippen LogP contribution in [-0.2, 0) is 4.79 Å². The molecule has 21 heavy (non-hydrogen) atoms. The van der Waals surface area contributed by atoms with Gasteiger partial charge in [0.15, 0.2) is 0 Å². The number of carbonyl (C=O) groups is 1. The Balaban J connectivity index is 1.77. The lowest BCUT2D eigenvalue weighted by molar-refractivity contribution is -0.119. The van der Waals surface area contributed by atoms with E-state index in [1.807, 2.05) is 62.4 Å². The number of aryl methyl sites for hydroxylation is 2. The molecule has 2 aromatic rings. The molecule has 108 valence electrons. The zero-order chi connectivity index (χ0) is 15.1. The number of benzene rings is 2. The summed E-state index contributed by atoms with van der Waals surface area (Å²) in [5.41, 5.74) is 6.74. The smallest absolute Gasteiger partial charge is 0.259 e. The summed E-state index contributed by atoms with van der Waals surface area (Å²) < 4.78 is 0. The predicted molar refractivity (Wildman–Crippen MR) is 86.6 cm³/mol. The highest BCUT2D eigenvalue weighted by atomic mass is 16.2. The highest BCUT2D eigenvalue weighted by Gasteiger charge is 1.99. The molecular formula is C17H19N3O. The Morgan fingerprint density at radius 1 is 1.00 bits per heavy atom. The molecule has 0 radical (unpaired) electrons. The van der Waals surface area contributed by atoms with Gasteiger partial charge in [0.1, 0.15) is 0 Å². The Bertz CT molecular complexity index is 615. The number of carbonyl (C=O) groups excluding carboxylic acids is 1. The molecule has 4 nitrogen and oxygen atoms in total. The maximum atomic E-state index is 11.6. The lowest BCUT2D eigenvalue weighted by Crippen LogP contribution is -2.25. The first-order chi connectivity index (χ1) is 10.1. The number of amides is 1. The summed E-state index contributed by atoms with van der Waals surface area (Å²) in [7, 11) is 0. The van der Waals surface area contributed by atoms with E-state index in [1.54, 1.807) is 6.21 Å². The van der Waals surface area contributed by atoms with E-state index < -0.39 is 0 Å². The van der Waals surface area contributed by atoms with Crippen LogP contribution in [0.3, 0.4) is 0 Å². The van der Waals surface area contributed by atoms with Crippen molar-refractivity contribution in [3.8, 4) is 0 Å². The van der Waals surface area contributed by atoms with Gasteiger partial charge in [-0.1, -0.05) is 47.5 Å². The Hall–Kier alpha value is -2.62. The van der Waals surface area contributed by atoms with Crippen molar-refractivity contribution in [1.82, 2.24) is 5.43 Å². The van der Waals surface area contributed by atoms with E-state index in [0.717, 1.165) is 11.3 Å². The van der Waals surface area contributed by atoms with Gasteiger partial charge < -0.3 is 5.32 Å². The fourth-order valence-corrected chi connectivity index (χ4v) is 1.72. The molecule has 2 rings (SSSR count). The Morgan fingerprint density at radius 2 is 1.57 bits per heavy atom. The third-order valence-electron chi connectivity index (χ3n) is 2.98. The minimum atomic E-state index is -0.182. The highest BCUT2D eigenvalue weighted by Crippen LogP contribution is 2.07. The summed E-state index contributed by atoms with van der Waals surface area (Å²) >= 11 is 0. The maximum absolute atomic E-state index is 11.6. The van der Waals surface area contributed by atoms with E-state index >= 15 is 0 Å². The minimum absolute atomic E-state index is 0.182. The average Bonchev–Trinajstić information content (AvgIpc) is 2.49. The number of nitrogens with one attached hydrogen (secondary N) is 2. The molecule has 1 amide bonds. The lowest BCUT2D eigenvalue weighted by atomic mass is 10.2. The predicted octanol–water partition coefficient (Wildman–Crippen LogP) is 2.87. The summed E-state index contributed by atoms with van der Waals surface area (Å²) in [5.74, 6) is -0.182. The van der Waals surface area contributed by atoms with Crippen molar-refractivity contribution < 1.29 is 4.79 Å². The molecule has 4 heteroatoms. The summed E-state index contributed by atoms with van der Waals surface area (Å²) in [5, 5.41) is 6.97. The summed E-state index contributed by atoms with van der Waals surface area (Å²) in [6.07, 6.45) is 1.63. The molecule has 0 aliphatic heterocycles. The molecule has 0 heterocycles. The third kappa shape index (κ3) is 5.10. The van der Waals surface area contributed by atoms with E-state index in [1.165, 1.54) is 11.1 Å². The Morgan fingerprint density at radius 3 is 2.19 bits per heavy atom. The molecule has 0 aliphatic carbocycles. The lowest BCUT2D eigenvalue weighted by Gasteiger charge is -2.05. The van der Waals surface area contributed by atoms with E-state index in [9.17, 15) is 4.79 Å². The van der Waals surface area contributed by atoms with Gasteiger partial charge in [0.05, 0.1) is 12.8 Å². The molecule has 0 saturated carbocycles. The second-order valence-corrected chi connectivity index (χ2v) is 4.92. The second-order valence-electron chi connectivity index (χ2n) is 4.92. The van der Waals surface area contributed by atoms with Crippen LogP contribution in [-0.4, -0.2) is 18.7 Å². The van der Waals surface area contributed by atoms with Gasteiger partial charge in [0.2, 0.25) is 0 Å². The summed E-state index contributed by atoms with van der Waals surface area (Å²) in [6.45, 7) is 4.24. The van der Waals surface area contributed by atoms with E-state index in [4.69, 9.17) is 0 Å². The van der Waals surface area contributed by atoms with Crippen LogP contribution in [0, 0.1) is 13.8 Å². The quantitative estimate of drug-likeness (QED) is 0.654. The van der Waals surface area contributed by atoms with Gasteiger partial charge in [0.25, 0.3) is 5.91 Å². The van der Waals surface area contributed by atoms with Gasteiger partial charge in [-0.25, -0.2) is 5.43 Å². The van der Waals surface area contributed by atoms with E-state index in [-0.39, 0.29) is 12.5 Å². The van der Waals surface area contributed by atoms with Crippen molar-refractivity contribution >= 4 is 17.8 Å². The zero-order valence-electron chi connectivity index (χ0n) is 12.3. The number of anilines is 1. The summed E-state index contributed by atoms with van der Waals surface area (Å²) in [6, 6.07) is 15.8. The van der Waals surface area contributed by atoms with Crippen LogP contribution in [0.2, 0.25) is 0 Å². The molecule has 0 aromatic heterocycles. The van der Waals surface area contributed by atoms with Crippen LogP contribution in [0.4, 0.5) is 5.69 Å². The highest BCUT2D eigenvalue weighted by molar-refractivity contribution is 5.84. The molecule has 0 bridgehead atoms. The topological polar surface area (TPSA) is 53.5 Å². The van der Waals surface area contributed by atoms with Crippen LogP contribution in [0.25, 0.3) is 0 Å². The number of hydrogen-bond donors (Lipinski definition) is 2. The second kappa shape index (κ2) is 7.24. The largest absolute Gasteiger partial charge is 0.376 e. The first-order valence-electron chi connectivity index (χ1n) is 6.82. The molecule has 2 N–H and O–H groups in total. The van der Waals surface area contributed by atoms with Gasteiger partial charge >= 0.3 is 0 Å². The first-order valence-corrected chi connectivity index (χ1v) is 6.82. The Labute approximate surface area is 124 Å². The van der Waals surface area contributed by atoms with Gasteiger partial charge in [0, 0.05) is 5.69 Å². The third-order valence-corrected chi connectivity index (χ3v) is 2.98. The molecule has 2 aromatic carbocycles. The van der Waals surface area contributed by atoms with Crippen LogP contribution in [0.15, 0.2) is 53.6 Å². The molecule has 0 atom stereocenters. The molecular weight excluding hydrogens is 262 g/mol. The van der Waals surface area contributed by atoms with Crippen molar-refractivity contribution in [3.05, 3.63) is 65.2 Å². The van der Waals surface area contributed by atoms with Gasteiger partial charge in [-0.2, -0.15) is 5.10 Å². The zero-order valence-corrected chi connectivity index (χ0v) is 12.3. The van der Waals surface area contributed by atoms with Crippen LogP contribution in [0.5, 0.6) is 0 Å². The minimum Gasteiger partial charge on any atom is -0.376 e. The maximum Gasteiger partial charge on any atom is 0.259 e. The van der Waals surface area contributed by atoms with Gasteiger partial charge in [-0.05, 0) is 31.5 Å². The van der Waals surface area contributed by atoms with Crippen molar-refractivity contribution in [2.24, 2.45) is 5.10 Å². The number of hydrogen-bond acceptors (Lipinski definition) is 3. The SMILES string of the molecule is Cc1ccc(C=NNC(=O)CNc2ccc(C)cc2)cc1. The van der Waals surface area contributed by atoms with Crippen molar-refractivity contribution in [1.29, 1.82) is 0 Å². The van der Waals surface area contributed by atoms with Gasteiger partial charge in [-0.15, -0.1) is 0 Å². The molecule has 0 aliphatic rings. The average molecular weight is 281 g/mol. The Kier molecular flexibility index (Phi) is 5.10. The fourth-order valence-electron chi connectivity index (χ4n) is 1.72. The van der Waals surface area contributed by atoms with E-state index in [2.05, 4.69) is 15.8 Å². The molecule has 0 fully saturated rings. The standard InChI is InChI=1S/C17H19N3O/c1-13-3-7-15(8-4-13)11-19-20-17(21)12-18-16-9-5-14(2)6-10-16/h3-11,18H,12H2,1-2H3,(H,20,21). The van der Waals surface area contributed by atoms with Crippen LogP contribution < -0.4 is 10.7 Å². The molecule has 0 unspecified atom stereocenters.